The summed E-state index contributed by atoms with van der Waals surface area (Å²) in [7, 11) is 1.30. The fourth-order valence-corrected chi connectivity index (χ4v) is 3.30. The smallest absolute Gasteiger partial charge is 0.337 e. The number of halogens is 1. The molecule has 3 rings (SSSR count). The first-order chi connectivity index (χ1) is 12.1. The van der Waals surface area contributed by atoms with Crippen LogP contribution in [0.1, 0.15) is 20.7 Å². The molecule has 0 saturated carbocycles. The van der Waals surface area contributed by atoms with E-state index in [2.05, 4.69) is 31.0 Å². The zero-order valence-electron chi connectivity index (χ0n) is 13.2. The molecule has 1 aromatic heterocycles. The van der Waals surface area contributed by atoms with E-state index in [-0.39, 0.29) is 5.91 Å². The maximum atomic E-state index is 12.4. The summed E-state index contributed by atoms with van der Waals surface area (Å²) in [6.07, 6.45) is 0. The molecular weight excluding hydrogens is 404 g/mol. The Hall–Kier alpha value is -2.51. The molecule has 126 valence electrons. The van der Waals surface area contributed by atoms with Crippen LogP contribution >= 0.6 is 27.3 Å². The molecule has 25 heavy (non-hydrogen) atoms. The molecule has 0 atom stereocenters. The van der Waals surface area contributed by atoms with Gasteiger partial charge in [-0.2, -0.15) is 0 Å². The molecule has 0 spiro atoms. The predicted octanol–water partition coefficient (Wildman–Crippen LogP) is 4.61. The lowest BCUT2D eigenvalue weighted by Gasteiger charge is -2.04. The molecule has 5 nitrogen and oxygen atoms in total. The van der Waals surface area contributed by atoms with E-state index in [0.29, 0.717) is 16.3 Å². The van der Waals surface area contributed by atoms with Gasteiger partial charge in [0.2, 0.25) is 0 Å². The fourth-order valence-electron chi connectivity index (χ4n) is 2.19. The number of nitrogens with one attached hydrogen (secondary N) is 1. The summed E-state index contributed by atoms with van der Waals surface area (Å²) < 4.78 is 5.63. The molecule has 0 aliphatic carbocycles. The Morgan fingerprint density at radius 2 is 1.88 bits per heavy atom. The fraction of sp³-hybridized carbons (Fsp3) is 0.0556. The molecule has 0 saturated heterocycles. The maximum Gasteiger partial charge on any atom is 0.337 e. The highest BCUT2D eigenvalue weighted by Crippen LogP contribution is 2.27. The summed E-state index contributed by atoms with van der Waals surface area (Å²) in [5.74, 6) is -0.818. The van der Waals surface area contributed by atoms with E-state index in [4.69, 9.17) is 0 Å². The first kappa shape index (κ1) is 17.3. The van der Waals surface area contributed by atoms with Crippen LogP contribution in [0.3, 0.4) is 0 Å². The van der Waals surface area contributed by atoms with E-state index in [9.17, 15) is 9.59 Å². The topological polar surface area (TPSA) is 68.3 Å². The first-order valence-electron chi connectivity index (χ1n) is 7.28. The molecule has 0 fully saturated rings. The van der Waals surface area contributed by atoms with Crippen LogP contribution in [-0.2, 0) is 4.74 Å². The molecule has 0 bridgehead atoms. The molecule has 0 unspecified atom stereocenters. The van der Waals surface area contributed by atoms with E-state index >= 15 is 0 Å². The Balaban J connectivity index is 1.77. The third-order valence-electron chi connectivity index (χ3n) is 3.39. The molecular formula is C18H13BrN2O3S. The number of carbonyl (C=O) groups is 2. The van der Waals surface area contributed by atoms with E-state index in [1.165, 1.54) is 24.5 Å². The third kappa shape index (κ3) is 4.12. The number of carbonyl (C=O) groups excluding carboxylic acids is 2. The van der Waals surface area contributed by atoms with Crippen LogP contribution < -0.4 is 5.32 Å². The van der Waals surface area contributed by atoms with Gasteiger partial charge in [-0.05, 0) is 30.3 Å². The largest absolute Gasteiger partial charge is 0.465 e. The molecule has 0 radical (unpaired) electrons. The number of anilines is 1. The summed E-state index contributed by atoms with van der Waals surface area (Å²) in [6, 6.07) is 14.1. The molecule has 2 aromatic carbocycles. The van der Waals surface area contributed by atoms with Crippen LogP contribution in [0.4, 0.5) is 5.13 Å². The Labute approximate surface area is 156 Å². The van der Waals surface area contributed by atoms with Crippen LogP contribution in [-0.4, -0.2) is 24.0 Å². The molecule has 7 heteroatoms. The quantitative estimate of drug-likeness (QED) is 0.630. The van der Waals surface area contributed by atoms with Crippen molar-refractivity contribution in [2.75, 3.05) is 12.4 Å². The third-order valence-corrected chi connectivity index (χ3v) is 4.64. The Kier molecular flexibility index (Phi) is 5.25. The lowest BCUT2D eigenvalue weighted by atomic mass is 10.1. The highest BCUT2D eigenvalue weighted by atomic mass is 79.9. The highest BCUT2D eigenvalue weighted by Gasteiger charge is 2.13. The number of nitrogens with zero attached hydrogens (tertiary/aromatic N) is 1. The summed E-state index contributed by atoms with van der Waals surface area (Å²) in [4.78, 5) is 28.4. The van der Waals surface area contributed by atoms with Crippen molar-refractivity contribution in [2.24, 2.45) is 0 Å². The van der Waals surface area contributed by atoms with Gasteiger partial charge in [-0.1, -0.05) is 34.1 Å². The van der Waals surface area contributed by atoms with Crippen LogP contribution in [0.15, 0.2) is 58.4 Å². The Bertz CT molecular complexity index is 939. The van der Waals surface area contributed by atoms with Gasteiger partial charge in [-0.3, -0.25) is 10.1 Å². The van der Waals surface area contributed by atoms with Gasteiger partial charge < -0.3 is 4.74 Å². The SMILES string of the molecule is COC(=O)c1cccc(C(=O)Nc2nc(-c3cccc(Br)c3)cs2)c1. The number of hydrogen-bond acceptors (Lipinski definition) is 5. The van der Waals surface area contributed by atoms with E-state index in [1.807, 2.05) is 29.6 Å². The lowest BCUT2D eigenvalue weighted by molar-refractivity contribution is 0.0600. The summed E-state index contributed by atoms with van der Waals surface area (Å²) in [6.45, 7) is 0. The number of benzene rings is 2. The molecule has 0 aliphatic rings. The summed E-state index contributed by atoms with van der Waals surface area (Å²) in [5.41, 5.74) is 2.43. The second kappa shape index (κ2) is 7.58. The molecule has 3 aromatic rings. The molecule has 0 aliphatic heterocycles. The van der Waals surface area contributed by atoms with Crippen LogP contribution in [0.2, 0.25) is 0 Å². The van der Waals surface area contributed by atoms with Gasteiger partial charge in [0.05, 0.1) is 18.4 Å². The van der Waals surface area contributed by atoms with Crippen molar-refractivity contribution in [3.05, 3.63) is 69.5 Å². The van der Waals surface area contributed by atoms with Gasteiger partial charge in [-0.25, -0.2) is 9.78 Å². The lowest BCUT2D eigenvalue weighted by Crippen LogP contribution is -2.13. The van der Waals surface area contributed by atoms with Gasteiger partial charge in [0.25, 0.3) is 5.91 Å². The van der Waals surface area contributed by atoms with Gasteiger partial charge in [0.1, 0.15) is 0 Å². The van der Waals surface area contributed by atoms with Crippen molar-refractivity contribution in [3.63, 3.8) is 0 Å². The second-order valence-electron chi connectivity index (χ2n) is 5.07. The number of esters is 1. The average Bonchev–Trinajstić information content (AvgIpc) is 3.09. The minimum atomic E-state index is -0.485. The highest BCUT2D eigenvalue weighted by molar-refractivity contribution is 9.10. The molecule has 1 heterocycles. The van der Waals surface area contributed by atoms with Gasteiger partial charge in [0.15, 0.2) is 5.13 Å². The Morgan fingerprint density at radius 1 is 1.12 bits per heavy atom. The number of hydrogen-bond donors (Lipinski definition) is 1. The average molecular weight is 417 g/mol. The first-order valence-corrected chi connectivity index (χ1v) is 8.95. The standard InChI is InChI=1S/C18H13BrN2O3S/c1-24-17(23)13-6-2-5-12(8-13)16(22)21-18-20-15(10-25-18)11-4-3-7-14(19)9-11/h2-10H,1H3,(H,20,21,22). The van der Waals surface area contributed by atoms with Crippen LogP contribution in [0, 0.1) is 0 Å². The van der Waals surface area contributed by atoms with Crippen molar-refractivity contribution < 1.29 is 14.3 Å². The summed E-state index contributed by atoms with van der Waals surface area (Å²) >= 11 is 4.77. The minimum absolute atomic E-state index is 0.323. The summed E-state index contributed by atoms with van der Waals surface area (Å²) in [5, 5.41) is 5.12. The van der Waals surface area contributed by atoms with E-state index in [0.717, 1.165) is 15.7 Å². The van der Waals surface area contributed by atoms with Crippen LogP contribution in [0.5, 0.6) is 0 Å². The van der Waals surface area contributed by atoms with Crippen molar-refractivity contribution in [3.8, 4) is 11.3 Å². The number of methoxy groups -OCH3 is 1. The number of ether oxygens (including phenoxy) is 1. The number of thiazole rings is 1. The number of aromatic nitrogens is 1. The maximum absolute atomic E-state index is 12.4. The van der Waals surface area contributed by atoms with Crippen molar-refractivity contribution in [1.29, 1.82) is 0 Å². The Morgan fingerprint density at radius 3 is 2.64 bits per heavy atom. The minimum Gasteiger partial charge on any atom is -0.465 e. The molecule has 1 amide bonds. The second-order valence-corrected chi connectivity index (χ2v) is 6.85. The zero-order chi connectivity index (χ0) is 17.8. The van der Waals surface area contributed by atoms with Gasteiger partial charge in [-0.15, -0.1) is 11.3 Å². The van der Waals surface area contributed by atoms with Crippen molar-refractivity contribution in [2.45, 2.75) is 0 Å². The zero-order valence-corrected chi connectivity index (χ0v) is 15.6. The predicted molar refractivity (Wildman–Crippen MR) is 101 cm³/mol. The van der Waals surface area contributed by atoms with E-state index < -0.39 is 5.97 Å². The normalized spacial score (nSPS) is 10.3. The van der Waals surface area contributed by atoms with Crippen LogP contribution in [0.25, 0.3) is 11.3 Å². The number of amides is 1. The van der Waals surface area contributed by atoms with E-state index in [1.54, 1.807) is 18.2 Å². The monoisotopic (exact) mass is 416 g/mol. The van der Waals surface area contributed by atoms with Gasteiger partial charge in [0, 0.05) is 21.0 Å². The number of rotatable bonds is 4. The molecule has 1 N–H and O–H groups in total. The van der Waals surface area contributed by atoms with Crippen molar-refractivity contribution in [1.82, 2.24) is 4.98 Å². The van der Waals surface area contributed by atoms with Crippen molar-refractivity contribution >= 4 is 44.3 Å². The van der Waals surface area contributed by atoms with Gasteiger partial charge >= 0.3 is 5.97 Å².